The molecule has 172 valence electrons. The SMILES string of the molecule is CC(C)C1CCC2(C)C1CCC1(C)C2CCC2C3(C)CCCC(C)(C)C3CCC21C. The second kappa shape index (κ2) is 6.53. The van der Waals surface area contributed by atoms with Crippen molar-refractivity contribution in [3.8, 4) is 0 Å². The highest BCUT2D eigenvalue weighted by molar-refractivity contribution is 5.18. The van der Waals surface area contributed by atoms with Gasteiger partial charge in [0, 0.05) is 0 Å². The minimum atomic E-state index is 0.561. The Morgan fingerprint density at radius 1 is 0.567 bits per heavy atom. The van der Waals surface area contributed by atoms with E-state index in [4.69, 9.17) is 0 Å². The lowest BCUT2D eigenvalue weighted by Gasteiger charge is -2.73. The molecule has 9 atom stereocenters. The summed E-state index contributed by atoms with van der Waals surface area (Å²) in [6, 6.07) is 0. The summed E-state index contributed by atoms with van der Waals surface area (Å²) in [6.07, 6.45) is 16.6. The van der Waals surface area contributed by atoms with Crippen LogP contribution in [0.2, 0.25) is 0 Å². The monoisotopic (exact) mass is 412 g/mol. The first kappa shape index (κ1) is 21.8. The molecule has 0 aromatic heterocycles. The van der Waals surface area contributed by atoms with Crippen LogP contribution < -0.4 is 0 Å². The summed E-state index contributed by atoms with van der Waals surface area (Å²) in [6.45, 7) is 21.4. The van der Waals surface area contributed by atoms with Crippen molar-refractivity contribution in [1.82, 2.24) is 0 Å². The van der Waals surface area contributed by atoms with Crippen molar-refractivity contribution in [2.45, 2.75) is 126 Å². The Bertz CT molecular complexity index is 688. The predicted octanol–water partition coefficient (Wildman–Crippen LogP) is 9.13. The highest BCUT2D eigenvalue weighted by atomic mass is 14.7. The van der Waals surface area contributed by atoms with Crippen molar-refractivity contribution in [2.24, 2.45) is 62.6 Å². The topological polar surface area (TPSA) is 0 Å². The Kier molecular flexibility index (Phi) is 4.75. The van der Waals surface area contributed by atoms with Crippen LogP contribution in [0.25, 0.3) is 0 Å². The molecule has 0 heteroatoms. The molecule has 0 aromatic rings. The third-order valence-electron chi connectivity index (χ3n) is 13.6. The van der Waals surface area contributed by atoms with Gasteiger partial charge < -0.3 is 0 Å². The van der Waals surface area contributed by atoms with Crippen LogP contribution in [0.3, 0.4) is 0 Å². The van der Waals surface area contributed by atoms with Gasteiger partial charge in [-0.2, -0.15) is 0 Å². The van der Waals surface area contributed by atoms with Gasteiger partial charge >= 0.3 is 0 Å². The van der Waals surface area contributed by atoms with Gasteiger partial charge in [-0.25, -0.2) is 0 Å². The van der Waals surface area contributed by atoms with Gasteiger partial charge in [0.2, 0.25) is 0 Å². The van der Waals surface area contributed by atoms with Gasteiger partial charge in [-0.05, 0) is 127 Å². The fraction of sp³-hybridized carbons (Fsp3) is 1.00. The van der Waals surface area contributed by atoms with Gasteiger partial charge in [0.15, 0.2) is 0 Å². The van der Waals surface area contributed by atoms with Crippen LogP contribution in [-0.4, -0.2) is 0 Å². The van der Waals surface area contributed by atoms with E-state index in [0.717, 1.165) is 35.5 Å². The van der Waals surface area contributed by atoms with Crippen LogP contribution in [0.1, 0.15) is 126 Å². The van der Waals surface area contributed by atoms with E-state index in [1.54, 1.807) is 0 Å². The van der Waals surface area contributed by atoms with Crippen molar-refractivity contribution in [1.29, 1.82) is 0 Å². The molecule has 5 saturated carbocycles. The first-order valence-corrected chi connectivity index (χ1v) is 13.9. The Morgan fingerprint density at radius 2 is 1.17 bits per heavy atom. The van der Waals surface area contributed by atoms with E-state index in [2.05, 4.69) is 55.4 Å². The average Bonchev–Trinajstić information content (AvgIpc) is 2.99. The standard InChI is InChI=1S/C30H52/c1-20(2)21-12-17-27(5)22(21)13-18-29(7)24(27)10-11-25-28(6)16-9-15-26(3,4)23(28)14-19-30(25,29)8/h20-25H,9-19H2,1-8H3. The van der Waals surface area contributed by atoms with Crippen LogP contribution in [0.15, 0.2) is 0 Å². The summed E-state index contributed by atoms with van der Waals surface area (Å²) in [7, 11) is 0. The summed E-state index contributed by atoms with van der Waals surface area (Å²) in [4.78, 5) is 0. The second-order valence-corrected chi connectivity index (χ2v) is 15.1. The first-order valence-electron chi connectivity index (χ1n) is 13.9. The predicted molar refractivity (Wildman–Crippen MR) is 129 cm³/mol. The molecule has 0 nitrogen and oxygen atoms in total. The molecule has 9 unspecified atom stereocenters. The largest absolute Gasteiger partial charge is 0.0625 e. The Hall–Kier alpha value is 0. The Balaban J connectivity index is 1.52. The lowest BCUT2D eigenvalue weighted by atomic mass is 9.32. The van der Waals surface area contributed by atoms with Crippen molar-refractivity contribution in [2.75, 3.05) is 0 Å². The van der Waals surface area contributed by atoms with Crippen LogP contribution in [-0.2, 0) is 0 Å². The van der Waals surface area contributed by atoms with Crippen molar-refractivity contribution >= 4 is 0 Å². The Morgan fingerprint density at radius 3 is 1.80 bits per heavy atom. The molecule has 5 rings (SSSR count). The molecule has 0 bridgehead atoms. The molecular formula is C30H52. The lowest BCUT2D eigenvalue weighted by Crippen LogP contribution is -2.65. The molecule has 5 aliphatic rings. The van der Waals surface area contributed by atoms with Crippen LogP contribution >= 0.6 is 0 Å². The number of fused-ring (bicyclic) bond motifs is 7. The number of hydrogen-bond acceptors (Lipinski definition) is 0. The number of rotatable bonds is 1. The van der Waals surface area contributed by atoms with Crippen molar-refractivity contribution in [3.05, 3.63) is 0 Å². The van der Waals surface area contributed by atoms with Crippen molar-refractivity contribution < 1.29 is 0 Å². The molecule has 0 radical (unpaired) electrons. The molecule has 5 fully saturated rings. The molecule has 0 aliphatic heterocycles. The zero-order valence-electron chi connectivity index (χ0n) is 21.7. The molecular weight excluding hydrogens is 360 g/mol. The summed E-state index contributed by atoms with van der Waals surface area (Å²) in [5, 5.41) is 0. The van der Waals surface area contributed by atoms with E-state index in [1.807, 2.05) is 0 Å². The van der Waals surface area contributed by atoms with E-state index in [-0.39, 0.29) is 0 Å². The molecule has 30 heavy (non-hydrogen) atoms. The van der Waals surface area contributed by atoms with Crippen LogP contribution in [0.5, 0.6) is 0 Å². The molecule has 0 saturated heterocycles. The normalized spacial score (nSPS) is 57.3. The van der Waals surface area contributed by atoms with Crippen LogP contribution in [0.4, 0.5) is 0 Å². The summed E-state index contributed by atoms with van der Waals surface area (Å²) < 4.78 is 0. The maximum atomic E-state index is 2.81. The van der Waals surface area contributed by atoms with Gasteiger partial charge in [-0.15, -0.1) is 0 Å². The van der Waals surface area contributed by atoms with E-state index < -0.39 is 0 Å². The average molecular weight is 413 g/mol. The molecule has 0 heterocycles. The van der Waals surface area contributed by atoms with E-state index in [1.165, 1.54) is 70.6 Å². The molecule has 0 aromatic carbocycles. The lowest BCUT2D eigenvalue weighted by molar-refractivity contribution is -0.241. The third kappa shape index (κ3) is 2.52. The molecule has 0 spiro atoms. The van der Waals surface area contributed by atoms with Gasteiger partial charge in [0.25, 0.3) is 0 Å². The molecule has 5 aliphatic carbocycles. The third-order valence-corrected chi connectivity index (χ3v) is 13.6. The first-order chi connectivity index (χ1) is 13.9. The maximum absolute atomic E-state index is 2.81. The quantitative estimate of drug-likeness (QED) is 0.402. The molecule has 0 amide bonds. The van der Waals surface area contributed by atoms with E-state index >= 15 is 0 Å². The summed E-state index contributed by atoms with van der Waals surface area (Å²) in [5.41, 5.74) is 2.92. The summed E-state index contributed by atoms with van der Waals surface area (Å²) >= 11 is 0. The Labute approximate surface area is 188 Å². The van der Waals surface area contributed by atoms with Gasteiger partial charge in [-0.1, -0.05) is 61.8 Å². The van der Waals surface area contributed by atoms with Crippen molar-refractivity contribution in [3.63, 3.8) is 0 Å². The van der Waals surface area contributed by atoms with Crippen LogP contribution in [0, 0.1) is 62.6 Å². The van der Waals surface area contributed by atoms with E-state index in [0.29, 0.717) is 27.1 Å². The minimum Gasteiger partial charge on any atom is -0.0625 e. The number of hydrogen-bond donors (Lipinski definition) is 0. The van der Waals surface area contributed by atoms with Gasteiger partial charge in [0.1, 0.15) is 0 Å². The zero-order chi connectivity index (χ0) is 21.7. The maximum Gasteiger partial charge on any atom is -0.0235 e. The van der Waals surface area contributed by atoms with E-state index in [9.17, 15) is 0 Å². The fourth-order valence-corrected chi connectivity index (χ4v) is 12.1. The minimum absolute atomic E-state index is 0.561. The highest BCUT2D eigenvalue weighted by Gasteiger charge is 2.70. The van der Waals surface area contributed by atoms with Gasteiger partial charge in [-0.3, -0.25) is 0 Å². The highest BCUT2D eigenvalue weighted by Crippen LogP contribution is 2.78. The fourth-order valence-electron chi connectivity index (χ4n) is 12.1. The second-order valence-electron chi connectivity index (χ2n) is 15.1. The van der Waals surface area contributed by atoms with Gasteiger partial charge in [0.05, 0.1) is 0 Å². The summed E-state index contributed by atoms with van der Waals surface area (Å²) in [5.74, 6) is 5.79. The zero-order valence-corrected chi connectivity index (χ0v) is 21.7. The molecule has 0 N–H and O–H groups in total. The smallest absolute Gasteiger partial charge is 0.0235 e.